The number of carbonyl (C=O) groups is 2. The summed E-state index contributed by atoms with van der Waals surface area (Å²) in [5, 5.41) is 20.5. The van der Waals surface area contributed by atoms with Crippen LogP contribution >= 0.6 is 0 Å². The van der Waals surface area contributed by atoms with Crippen molar-refractivity contribution in [2.75, 3.05) is 6.54 Å². The molecule has 11 heteroatoms. The average molecular weight is 322 g/mol. The van der Waals surface area contributed by atoms with Crippen molar-refractivity contribution in [3.8, 4) is 0 Å². The summed E-state index contributed by atoms with van der Waals surface area (Å²) in [6.45, 7) is 0.577. The van der Waals surface area contributed by atoms with Crippen molar-refractivity contribution in [2.24, 2.45) is 5.92 Å². The summed E-state index contributed by atoms with van der Waals surface area (Å²) in [4.78, 5) is 21.5. The van der Waals surface area contributed by atoms with Gasteiger partial charge in [-0.2, -0.15) is 22.0 Å². The van der Waals surface area contributed by atoms with Crippen LogP contribution in [0.25, 0.3) is 0 Å². The van der Waals surface area contributed by atoms with E-state index in [-0.39, 0.29) is 0 Å². The van der Waals surface area contributed by atoms with Gasteiger partial charge in [0, 0.05) is 0 Å². The number of amides is 2. The molecule has 4 N–H and O–H groups in total. The summed E-state index contributed by atoms with van der Waals surface area (Å²) >= 11 is 0. The van der Waals surface area contributed by atoms with E-state index in [1.807, 2.05) is 0 Å². The lowest BCUT2D eigenvalue weighted by atomic mass is 9.94. The molecule has 0 fully saturated rings. The molecule has 0 aliphatic rings. The lowest BCUT2D eigenvalue weighted by Crippen LogP contribution is -2.59. The van der Waals surface area contributed by atoms with E-state index in [4.69, 9.17) is 5.11 Å². The zero-order valence-corrected chi connectivity index (χ0v) is 11.0. The molecule has 0 heterocycles. The fourth-order valence-electron chi connectivity index (χ4n) is 1.41. The minimum atomic E-state index is -4.90. The van der Waals surface area contributed by atoms with Gasteiger partial charge in [0.1, 0.15) is 12.6 Å². The quantitative estimate of drug-likeness (QED) is 0.547. The van der Waals surface area contributed by atoms with Crippen LogP contribution in [-0.2, 0) is 4.79 Å². The summed E-state index contributed by atoms with van der Waals surface area (Å²) in [6, 6.07) is -1.74. The Bertz CT molecular complexity index is 386. The number of hydrogen-bond acceptors (Lipinski definition) is 3. The molecule has 2 atom stereocenters. The van der Waals surface area contributed by atoms with Gasteiger partial charge < -0.3 is 20.8 Å². The van der Waals surface area contributed by atoms with Crippen molar-refractivity contribution in [3.05, 3.63) is 0 Å². The highest BCUT2D eigenvalue weighted by atomic mass is 19.4. The predicted octanol–water partition coefficient (Wildman–Crippen LogP) is 0.953. The van der Waals surface area contributed by atoms with Crippen LogP contribution in [0.2, 0.25) is 0 Å². The lowest BCUT2D eigenvalue weighted by Gasteiger charge is -2.31. The molecule has 2 unspecified atom stereocenters. The molecule has 2 amide bonds. The molecule has 0 saturated carbocycles. The van der Waals surface area contributed by atoms with Crippen LogP contribution in [0.3, 0.4) is 0 Å². The van der Waals surface area contributed by atoms with E-state index >= 15 is 0 Å². The number of carboxylic acid groups (broad SMARTS) is 1. The van der Waals surface area contributed by atoms with Gasteiger partial charge in [-0.25, -0.2) is 4.79 Å². The molecule has 0 aromatic heterocycles. The summed E-state index contributed by atoms with van der Waals surface area (Å²) < 4.78 is 62.7. The molecule has 0 radical (unpaired) electrons. The number of rotatable bonds is 6. The SMILES string of the molecule is CC(C)C(NC(=O)O)C(O)C(F)(F)C(=O)NCC(F)(F)F. The zero-order valence-electron chi connectivity index (χ0n) is 11.0. The molecule has 0 aliphatic carbocycles. The van der Waals surface area contributed by atoms with Gasteiger partial charge in [0.25, 0.3) is 5.91 Å². The summed E-state index contributed by atoms with van der Waals surface area (Å²) in [6.07, 6.45) is -9.44. The van der Waals surface area contributed by atoms with Crippen molar-refractivity contribution in [1.29, 1.82) is 0 Å². The molecule has 0 bridgehead atoms. The number of nitrogens with one attached hydrogen (secondary N) is 2. The predicted molar refractivity (Wildman–Crippen MR) is 59.8 cm³/mol. The van der Waals surface area contributed by atoms with E-state index in [9.17, 15) is 36.6 Å². The normalized spacial score (nSPS) is 15.5. The minimum absolute atomic E-state index is 0.836. The number of aliphatic hydroxyl groups is 1. The molecule has 0 aliphatic heterocycles. The highest BCUT2D eigenvalue weighted by Crippen LogP contribution is 2.25. The first kappa shape index (κ1) is 19.4. The first-order chi connectivity index (χ1) is 9.29. The van der Waals surface area contributed by atoms with E-state index in [1.165, 1.54) is 13.8 Å². The number of halogens is 5. The largest absolute Gasteiger partial charge is 0.465 e. The zero-order chi connectivity index (χ0) is 17.0. The molecular weight excluding hydrogens is 307 g/mol. The second-order valence-electron chi connectivity index (χ2n) is 4.58. The van der Waals surface area contributed by atoms with E-state index in [0.29, 0.717) is 0 Å². The maximum Gasteiger partial charge on any atom is 0.405 e. The van der Waals surface area contributed by atoms with Crippen molar-refractivity contribution in [2.45, 2.75) is 38.1 Å². The maximum atomic E-state index is 13.6. The van der Waals surface area contributed by atoms with E-state index in [2.05, 4.69) is 0 Å². The topological polar surface area (TPSA) is 98.7 Å². The third-order valence-corrected chi connectivity index (χ3v) is 2.47. The average Bonchev–Trinajstić information content (AvgIpc) is 2.30. The molecule has 124 valence electrons. The molecule has 21 heavy (non-hydrogen) atoms. The standard InChI is InChI=1S/C10H15F5N2O4/c1-4(2)5(17-8(20)21)6(18)10(14,15)7(19)16-3-9(11,12)13/h4-6,17-18H,3H2,1-2H3,(H,16,19)(H,20,21). The Morgan fingerprint density at radius 1 is 1.14 bits per heavy atom. The summed E-state index contributed by atoms with van der Waals surface area (Å²) in [7, 11) is 0. The van der Waals surface area contributed by atoms with Gasteiger partial charge in [0.15, 0.2) is 0 Å². The van der Waals surface area contributed by atoms with E-state index in [0.717, 1.165) is 5.32 Å². The molecule has 0 spiro atoms. The number of hydrogen-bond donors (Lipinski definition) is 4. The van der Waals surface area contributed by atoms with Crippen molar-refractivity contribution in [1.82, 2.24) is 10.6 Å². The number of carbonyl (C=O) groups excluding carboxylic acids is 1. The van der Waals surface area contributed by atoms with Crippen LogP contribution in [0.4, 0.5) is 26.7 Å². The monoisotopic (exact) mass is 322 g/mol. The van der Waals surface area contributed by atoms with Crippen LogP contribution in [0, 0.1) is 5.92 Å². The van der Waals surface area contributed by atoms with Crippen molar-refractivity contribution in [3.63, 3.8) is 0 Å². The minimum Gasteiger partial charge on any atom is -0.465 e. The third-order valence-electron chi connectivity index (χ3n) is 2.47. The van der Waals surface area contributed by atoms with Crippen LogP contribution < -0.4 is 10.6 Å². The first-order valence-corrected chi connectivity index (χ1v) is 5.69. The molecule has 0 aromatic carbocycles. The van der Waals surface area contributed by atoms with Gasteiger partial charge in [0.2, 0.25) is 0 Å². The smallest absolute Gasteiger partial charge is 0.405 e. The summed E-state index contributed by atoms with van der Waals surface area (Å²) in [5.41, 5.74) is 0. The Morgan fingerprint density at radius 2 is 1.62 bits per heavy atom. The third kappa shape index (κ3) is 6.10. The Kier molecular flexibility index (Phi) is 6.33. The molecule has 0 rings (SSSR count). The van der Waals surface area contributed by atoms with Gasteiger partial charge >= 0.3 is 18.2 Å². The molecular formula is C10H15F5N2O4. The maximum absolute atomic E-state index is 13.6. The highest BCUT2D eigenvalue weighted by molar-refractivity contribution is 5.84. The van der Waals surface area contributed by atoms with Gasteiger partial charge in [-0.3, -0.25) is 4.79 Å². The Labute approximate surface area is 116 Å². The van der Waals surface area contributed by atoms with Crippen molar-refractivity contribution >= 4 is 12.0 Å². The summed E-state index contributed by atoms with van der Waals surface area (Å²) in [5.74, 6) is -7.77. The molecule has 6 nitrogen and oxygen atoms in total. The number of aliphatic hydroxyl groups excluding tert-OH is 1. The van der Waals surface area contributed by atoms with Gasteiger partial charge in [-0.1, -0.05) is 13.8 Å². The Hall–Kier alpha value is -1.65. The van der Waals surface area contributed by atoms with E-state index < -0.39 is 48.7 Å². The fraction of sp³-hybridized carbons (Fsp3) is 0.800. The number of alkyl halides is 5. The fourth-order valence-corrected chi connectivity index (χ4v) is 1.41. The van der Waals surface area contributed by atoms with Crippen molar-refractivity contribution < 1.29 is 41.8 Å². The first-order valence-electron chi connectivity index (χ1n) is 5.69. The Morgan fingerprint density at radius 3 is 1.95 bits per heavy atom. The van der Waals surface area contributed by atoms with Crippen LogP contribution in [0.1, 0.15) is 13.8 Å². The van der Waals surface area contributed by atoms with E-state index in [1.54, 1.807) is 5.32 Å². The van der Waals surface area contributed by atoms with Gasteiger partial charge in [0.05, 0.1) is 6.04 Å². The van der Waals surface area contributed by atoms with Gasteiger partial charge in [-0.15, -0.1) is 0 Å². The Balaban J connectivity index is 5.00. The lowest BCUT2D eigenvalue weighted by molar-refractivity contribution is -0.174. The van der Waals surface area contributed by atoms with Crippen LogP contribution in [-0.4, -0.2) is 53.0 Å². The molecule has 0 saturated heterocycles. The van der Waals surface area contributed by atoms with Gasteiger partial charge in [-0.05, 0) is 5.92 Å². The van der Waals surface area contributed by atoms with Crippen LogP contribution in [0.5, 0.6) is 0 Å². The highest BCUT2D eigenvalue weighted by Gasteiger charge is 2.51. The van der Waals surface area contributed by atoms with Crippen LogP contribution in [0.15, 0.2) is 0 Å². The second-order valence-corrected chi connectivity index (χ2v) is 4.58. The second kappa shape index (κ2) is 6.87. The molecule has 0 aromatic rings.